The van der Waals surface area contributed by atoms with E-state index >= 15 is 0 Å². The highest BCUT2D eigenvalue weighted by Gasteiger charge is 2.14. The summed E-state index contributed by atoms with van der Waals surface area (Å²) in [6.45, 7) is 4.58. The van der Waals surface area contributed by atoms with E-state index in [4.69, 9.17) is 5.73 Å². The van der Waals surface area contributed by atoms with Gasteiger partial charge >= 0.3 is 0 Å². The molecular formula is C15H22F2N2O. The maximum atomic E-state index is 13.4. The minimum absolute atomic E-state index is 0.0125. The monoisotopic (exact) mass is 284 g/mol. The molecule has 3 N–H and O–H groups in total. The van der Waals surface area contributed by atoms with Gasteiger partial charge in [-0.25, -0.2) is 8.78 Å². The number of hydrogen-bond donors (Lipinski definition) is 2. The van der Waals surface area contributed by atoms with Gasteiger partial charge in [-0.2, -0.15) is 0 Å². The van der Waals surface area contributed by atoms with E-state index in [2.05, 4.69) is 19.2 Å². The quantitative estimate of drug-likeness (QED) is 0.808. The summed E-state index contributed by atoms with van der Waals surface area (Å²) in [5, 5.41) is 2.60. The maximum absolute atomic E-state index is 13.4. The SMILES string of the molecule is CC(C)CC(CN)CC(=O)NCc1cc(F)ccc1F. The minimum Gasteiger partial charge on any atom is -0.352 e. The Bertz CT molecular complexity index is 449. The maximum Gasteiger partial charge on any atom is 0.220 e. The molecule has 0 radical (unpaired) electrons. The lowest BCUT2D eigenvalue weighted by molar-refractivity contribution is -0.122. The Morgan fingerprint density at radius 2 is 2.05 bits per heavy atom. The fourth-order valence-electron chi connectivity index (χ4n) is 2.14. The number of benzene rings is 1. The van der Waals surface area contributed by atoms with Crippen molar-refractivity contribution >= 4 is 5.91 Å². The first kappa shape index (κ1) is 16.6. The molecule has 5 heteroatoms. The van der Waals surface area contributed by atoms with Crippen LogP contribution in [-0.2, 0) is 11.3 Å². The van der Waals surface area contributed by atoms with Gasteiger partial charge in [0.25, 0.3) is 0 Å². The molecule has 1 aromatic rings. The van der Waals surface area contributed by atoms with Gasteiger partial charge in [0.1, 0.15) is 11.6 Å². The van der Waals surface area contributed by atoms with Crippen molar-refractivity contribution < 1.29 is 13.6 Å². The zero-order valence-corrected chi connectivity index (χ0v) is 12.0. The minimum atomic E-state index is -0.524. The molecule has 20 heavy (non-hydrogen) atoms. The van der Waals surface area contributed by atoms with E-state index in [1.807, 2.05) is 0 Å². The van der Waals surface area contributed by atoms with E-state index in [1.54, 1.807) is 0 Å². The molecule has 1 unspecified atom stereocenters. The predicted molar refractivity (Wildman–Crippen MR) is 74.8 cm³/mol. The Labute approximate surface area is 118 Å². The summed E-state index contributed by atoms with van der Waals surface area (Å²) in [6, 6.07) is 3.19. The van der Waals surface area contributed by atoms with Crippen LogP contribution in [0.2, 0.25) is 0 Å². The van der Waals surface area contributed by atoms with Crippen molar-refractivity contribution in [1.29, 1.82) is 0 Å². The van der Waals surface area contributed by atoms with E-state index < -0.39 is 11.6 Å². The number of nitrogens with one attached hydrogen (secondary N) is 1. The second-order valence-corrected chi connectivity index (χ2v) is 5.45. The molecule has 1 rings (SSSR count). The molecule has 1 aromatic carbocycles. The molecule has 1 amide bonds. The van der Waals surface area contributed by atoms with E-state index in [0.29, 0.717) is 18.9 Å². The van der Waals surface area contributed by atoms with Crippen molar-refractivity contribution in [2.24, 2.45) is 17.6 Å². The van der Waals surface area contributed by atoms with Gasteiger partial charge in [-0.3, -0.25) is 4.79 Å². The van der Waals surface area contributed by atoms with Crippen LogP contribution >= 0.6 is 0 Å². The van der Waals surface area contributed by atoms with E-state index in [1.165, 1.54) is 0 Å². The molecule has 0 heterocycles. The van der Waals surface area contributed by atoms with Gasteiger partial charge < -0.3 is 11.1 Å². The van der Waals surface area contributed by atoms with Crippen LogP contribution in [0.25, 0.3) is 0 Å². The zero-order chi connectivity index (χ0) is 15.1. The van der Waals surface area contributed by atoms with Crippen molar-refractivity contribution in [2.45, 2.75) is 33.2 Å². The average Bonchev–Trinajstić information content (AvgIpc) is 2.38. The third kappa shape index (κ3) is 5.65. The van der Waals surface area contributed by atoms with Crippen LogP contribution in [0.5, 0.6) is 0 Å². The van der Waals surface area contributed by atoms with E-state index in [0.717, 1.165) is 24.6 Å². The summed E-state index contributed by atoms with van der Waals surface area (Å²) >= 11 is 0. The summed E-state index contributed by atoms with van der Waals surface area (Å²) in [5.74, 6) is -0.645. The van der Waals surface area contributed by atoms with Crippen LogP contribution in [0.1, 0.15) is 32.3 Å². The van der Waals surface area contributed by atoms with Crippen LogP contribution in [0.15, 0.2) is 18.2 Å². The Morgan fingerprint density at radius 3 is 2.65 bits per heavy atom. The van der Waals surface area contributed by atoms with Crippen LogP contribution in [0, 0.1) is 23.5 Å². The topological polar surface area (TPSA) is 55.1 Å². The molecule has 0 aliphatic rings. The number of nitrogens with two attached hydrogens (primary N) is 1. The molecule has 0 bridgehead atoms. The second-order valence-electron chi connectivity index (χ2n) is 5.45. The smallest absolute Gasteiger partial charge is 0.220 e. The summed E-state index contributed by atoms with van der Waals surface area (Å²) in [7, 11) is 0. The second kappa shape index (κ2) is 7.94. The number of rotatable bonds is 7. The fourth-order valence-corrected chi connectivity index (χ4v) is 2.14. The summed E-state index contributed by atoms with van der Waals surface area (Å²) in [5.41, 5.74) is 5.78. The molecular weight excluding hydrogens is 262 g/mol. The molecule has 0 saturated carbocycles. The highest BCUT2D eigenvalue weighted by Crippen LogP contribution is 2.14. The zero-order valence-electron chi connectivity index (χ0n) is 12.0. The van der Waals surface area contributed by atoms with Gasteiger partial charge in [0.2, 0.25) is 5.91 Å². The molecule has 0 saturated heterocycles. The van der Waals surface area contributed by atoms with Crippen molar-refractivity contribution in [1.82, 2.24) is 5.32 Å². The van der Waals surface area contributed by atoms with Crippen molar-refractivity contribution in [3.05, 3.63) is 35.4 Å². The van der Waals surface area contributed by atoms with Gasteiger partial charge in [-0.1, -0.05) is 13.8 Å². The van der Waals surface area contributed by atoms with Crippen LogP contribution < -0.4 is 11.1 Å². The van der Waals surface area contributed by atoms with Gasteiger partial charge in [0.15, 0.2) is 0 Å². The lowest BCUT2D eigenvalue weighted by Crippen LogP contribution is -2.28. The van der Waals surface area contributed by atoms with Crippen molar-refractivity contribution in [3.63, 3.8) is 0 Å². The van der Waals surface area contributed by atoms with Crippen molar-refractivity contribution in [2.75, 3.05) is 6.54 Å². The van der Waals surface area contributed by atoms with Gasteiger partial charge in [-0.15, -0.1) is 0 Å². The fraction of sp³-hybridized carbons (Fsp3) is 0.533. The largest absolute Gasteiger partial charge is 0.352 e. The number of hydrogen-bond acceptors (Lipinski definition) is 2. The third-order valence-corrected chi connectivity index (χ3v) is 3.10. The standard InChI is InChI=1S/C15H22F2N2O/c1-10(2)5-11(8-18)6-15(20)19-9-12-7-13(16)3-4-14(12)17/h3-4,7,10-11H,5-6,8-9,18H2,1-2H3,(H,19,20). The molecule has 0 spiro atoms. The first-order valence-corrected chi connectivity index (χ1v) is 6.83. The highest BCUT2D eigenvalue weighted by molar-refractivity contribution is 5.76. The average molecular weight is 284 g/mol. The predicted octanol–water partition coefficient (Wildman–Crippen LogP) is 2.59. The Hall–Kier alpha value is -1.49. The van der Waals surface area contributed by atoms with E-state index in [9.17, 15) is 13.6 Å². The molecule has 0 aliphatic carbocycles. The Morgan fingerprint density at radius 1 is 1.35 bits per heavy atom. The lowest BCUT2D eigenvalue weighted by Gasteiger charge is -2.16. The molecule has 0 aromatic heterocycles. The van der Waals surface area contributed by atoms with Gasteiger partial charge in [0, 0.05) is 18.5 Å². The van der Waals surface area contributed by atoms with Gasteiger partial charge in [-0.05, 0) is 43.0 Å². The summed E-state index contributed by atoms with van der Waals surface area (Å²) < 4.78 is 26.4. The Kier molecular flexibility index (Phi) is 6.58. The number of carbonyl (C=O) groups is 1. The first-order chi connectivity index (χ1) is 9.42. The first-order valence-electron chi connectivity index (χ1n) is 6.83. The molecule has 112 valence electrons. The summed E-state index contributed by atoms with van der Waals surface area (Å²) in [6.07, 6.45) is 1.18. The van der Waals surface area contributed by atoms with Crippen LogP contribution in [-0.4, -0.2) is 12.5 Å². The van der Waals surface area contributed by atoms with Crippen LogP contribution in [0.3, 0.4) is 0 Å². The normalized spacial score (nSPS) is 12.5. The lowest BCUT2D eigenvalue weighted by atomic mass is 9.94. The highest BCUT2D eigenvalue weighted by atomic mass is 19.1. The third-order valence-electron chi connectivity index (χ3n) is 3.10. The number of carbonyl (C=O) groups excluding carboxylic acids is 1. The molecule has 1 atom stereocenters. The van der Waals surface area contributed by atoms with Gasteiger partial charge in [0.05, 0.1) is 0 Å². The molecule has 0 aliphatic heterocycles. The van der Waals surface area contributed by atoms with Crippen molar-refractivity contribution in [3.8, 4) is 0 Å². The molecule has 0 fully saturated rings. The Balaban J connectivity index is 2.48. The number of halogens is 2. The summed E-state index contributed by atoms with van der Waals surface area (Å²) in [4.78, 5) is 11.8. The van der Waals surface area contributed by atoms with Crippen LogP contribution in [0.4, 0.5) is 8.78 Å². The number of amides is 1. The molecule has 3 nitrogen and oxygen atoms in total. The van der Waals surface area contributed by atoms with E-state index in [-0.39, 0.29) is 23.9 Å².